The van der Waals surface area contributed by atoms with Crippen molar-refractivity contribution in [3.63, 3.8) is 0 Å². The number of rotatable bonds is 8. The molecule has 28 heavy (non-hydrogen) atoms. The van der Waals surface area contributed by atoms with Gasteiger partial charge in [-0.2, -0.15) is 13.2 Å². The summed E-state index contributed by atoms with van der Waals surface area (Å²) in [6.07, 6.45) is -4.43. The molecule has 0 radical (unpaired) electrons. The highest BCUT2D eigenvalue weighted by atomic mass is 32.2. The van der Waals surface area contributed by atoms with Crippen molar-refractivity contribution in [1.29, 1.82) is 0 Å². The zero-order chi connectivity index (χ0) is 20.8. The van der Waals surface area contributed by atoms with E-state index in [1.54, 1.807) is 0 Å². The van der Waals surface area contributed by atoms with E-state index in [-0.39, 0.29) is 30.2 Å². The van der Waals surface area contributed by atoms with Crippen LogP contribution in [0.25, 0.3) is 0 Å². The fourth-order valence-corrected chi connectivity index (χ4v) is 3.17. The summed E-state index contributed by atoms with van der Waals surface area (Å²) in [5, 5.41) is 0. The first-order chi connectivity index (χ1) is 13.1. The lowest BCUT2D eigenvalue weighted by Crippen LogP contribution is -2.27. The number of halogens is 3. The van der Waals surface area contributed by atoms with Crippen LogP contribution in [0.3, 0.4) is 0 Å². The number of alkyl halides is 3. The summed E-state index contributed by atoms with van der Waals surface area (Å²) in [6, 6.07) is 9.33. The molecular weight excluding hydrogens is 399 g/mol. The second-order valence-electron chi connectivity index (χ2n) is 5.69. The van der Waals surface area contributed by atoms with E-state index in [9.17, 15) is 26.4 Å². The van der Waals surface area contributed by atoms with E-state index in [1.165, 1.54) is 43.5 Å². The third-order valence-corrected chi connectivity index (χ3v) is 5.13. The van der Waals surface area contributed by atoms with Crippen molar-refractivity contribution in [2.45, 2.75) is 17.7 Å². The Morgan fingerprint density at radius 1 is 1.04 bits per heavy atom. The molecule has 0 aliphatic heterocycles. The number of sulfonamides is 1. The van der Waals surface area contributed by atoms with Gasteiger partial charge in [-0.3, -0.25) is 0 Å². The Labute approximate surface area is 160 Å². The molecule has 0 bridgehead atoms. The molecule has 0 amide bonds. The fourth-order valence-electron chi connectivity index (χ4n) is 2.15. The second kappa shape index (κ2) is 9.18. The summed E-state index contributed by atoms with van der Waals surface area (Å²) in [7, 11) is -2.28. The van der Waals surface area contributed by atoms with Crippen LogP contribution in [0.1, 0.15) is 21.5 Å². The molecule has 0 spiro atoms. The zero-order valence-electron chi connectivity index (χ0n) is 14.8. The Balaban J connectivity index is 1.96. The van der Waals surface area contributed by atoms with Crippen LogP contribution in [-0.4, -0.2) is 34.6 Å². The largest absolute Gasteiger partial charge is 0.457 e. The molecule has 2 aromatic rings. The van der Waals surface area contributed by atoms with Gasteiger partial charge in [0.15, 0.2) is 0 Å². The lowest BCUT2D eigenvalue weighted by atomic mass is 10.1. The maximum atomic E-state index is 12.5. The Morgan fingerprint density at radius 3 is 2.18 bits per heavy atom. The lowest BCUT2D eigenvalue weighted by Gasteiger charge is -2.09. The smallest absolute Gasteiger partial charge is 0.416 e. The summed E-state index contributed by atoms with van der Waals surface area (Å²) < 4.78 is 73.8. The number of carbonyl (C=O) groups excluding carboxylic acids is 1. The number of benzene rings is 2. The van der Waals surface area contributed by atoms with Gasteiger partial charge in [-0.15, -0.1) is 0 Å². The van der Waals surface area contributed by atoms with Gasteiger partial charge in [0, 0.05) is 13.7 Å². The second-order valence-corrected chi connectivity index (χ2v) is 7.45. The molecule has 0 heterocycles. The van der Waals surface area contributed by atoms with E-state index in [2.05, 4.69) is 4.72 Å². The first-order valence-electron chi connectivity index (χ1n) is 8.05. The van der Waals surface area contributed by atoms with Gasteiger partial charge < -0.3 is 9.47 Å². The number of carbonyl (C=O) groups is 1. The van der Waals surface area contributed by atoms with Gasteiger partial charge in [-0.05, 0) is 42.0 Å². The van der Waals surface area contributed by atoms with E-state index < -0.39 is 27.7 Å². The van der Waals surface area contributed by atoms with Crippen LogP contribution in [0.5, 0.6) is 0 Å². The van der Waals surface area contributed by atoms with E-state index in [4.69, 9.17) is 9.47 Å². The van der Waals surface area contributed by atoms with E-state index in [0.717, 1.165) is 12.1 Å². The van der Waals surface area contributed by atoms with Crippen LogP contribution in [0.15, 0.2) is 53.4 Å². The fraction of sp³-hybridized carbons (Fsp3) is 0.278. The van der Waals surface area contributed by atoms with E-state index >= 15 is 0 Å². The Bertz CT molecular complexity index is 894. The predicted molar refractivity (Wildman–Crippen MR) is 94.1 cm³/mol. The minimum absolute atomic E-state index is 0.0251. The van der Waals surface area contributed by atoms with Crippen molar-refractivity contribution in [3.05, 3.63) is 65.2 Å². The molecule has 0 saturated heterocycles. The molecule has 0 fully saturated rings. The zero-order valence-corrected chi connectivity index (χ0v) is 15.6. The van der Waals surface area contributed by atoms with Crippen molar-refractivity contribution in [3.8, 4) is 0 Å². The van der Waals surface area contributed by atoms with E-state index in [0.29, 0.717) is 5.56 Å². The Kier molecular flexibility index (Phi) is 7.17. The summed E-state index contributed by atoms with van der Waals surface area (Å²) in [5.74, 6) is -0.726. The van der Waals surface area contributed by atoms with Gasteiger partial charge in [-0.25, -0.2) is 17.9 Å². The molecule has 2 rings (SSSR count). The standard InChI is InChI=1S/C18H18F3NO5S/c1-26-11-10-22-28(24,25)16-8-4-14(5-9-16)17(23)27-12-13-2-6-15(7-3-13)18(19,20)21/h2-9,22H,10-12H2,1H3. The van der Waals surface area contributed by atoms with Crippen LogP contribution < -0.4 is 4.72 Å². The van der Waals surface area contributed by atoms with Gasteiger partial charge >= 0.3 is 12.1 Å². The molecule has 0 unspecified atom stereocenters. The predicted octanol–water partition coefficient (Wildman–Crippen LogP) is 2.99. The Hall–Kier alpha value is -2.43. The highest BCUT2D eigenvalue weighted by molar-refractivity contribution is 7.89. The minimum atomic E-state index is -4.43. The highest BCUT2D eigenvalue weighted by Gasteiger charge is 2.29. The molecule has 0 atom stereocenters. The summed E-state index contributed by atoms with van der Waals surface area (Å²) in [5.41, 5.74) is -0.288. The third kappa shape index (κ3) is 6.04. The maximum absolute atomic E-state index is 12.5. The molecule has 1 N–H and O–H groups in total. The average Bonchev–Trinajstić information content (AvgIpc) is 2.66. The van der Waals surface area contributed by atoms with Crippen molar-refractivity contribution in [1.82, 2.24) is 4.72 Å². The Morgan fingerprint density at radius 2 is 1.64 bits per heavy atom. The SMILES string of the molecule is COCCNS(=O)(=O)c1ccc(C(=O)OCc2ccc(C(F)(F)F)cc2)cc1. The normalized spacial score (nSPS) is 12.0. The number of hydrogen-bond acceptors (Lipinski definition) is 5. The first-order valence-corrected chi connectivity index (χ1v) is 9.54. The monoisotopic (exact) mass is 417 g/mol. The molecular formula is C18H18F3NO5S. The molecule has 2 aromatic carbocycles. The molecule has 0 aromatic heterocycles. The van der Waals surface area contributed by atoms with Gasteiger partial charge in [0.2, 0.25) is 10.0 Å². The van der Waals surface area contributed by atoms with Crippen LogP contribution >= 0.6 is 0 Å². The average molecular weight is 417 g/mol. The van der Waals surface area contributed by atoms with Crippen LogP contribution in [0.2, 0.25) is 0 Å². The molecule has 0 aliphatic carbocycles. The number of esters is 1. The molecule has 0 aliphatic rings. The summed E-state index contributed by atoms with van der Waals surface area (Å²) >= 11 is 0. The van der Waals surface area contributed by atoms with Gasteiger partial charge in [0.25, 0.3) is 0 Å². The van der Waals surface area contributed by atoms with Crippen LogP contribution in [0.4, 0.5) is 13.2 Å². The van der Waals surface area contributed by atoms with Crippen molar-refractivity contribution in [2.24, 2.45) is 0 Å². The molecule has 6 nitrogen and oxygen atoms in total. The quantitative estimate of drug-likeness (QED) is 0.528. The number of ether oxygens (including phenoxy) is 2. The van der Waals surface area contributed by atoms with Gasteiger partial charge in [0.05, 0.1) is 22.6 Å². The van der Waals surface area contributed by atoms with Crippen molar-refractivity contribution >= 4 is 16.0 Å². The minimum Gasteiger partial charge on any atom is -0.457 e. The lowest BCUT2D eigenvalue weighted by molar-refractivity contribution is -0.137. The third-order valence-electron chi connectivity index (χ3n) is 3.65. The van der Waals surface area contributed by atoms with E-state index in [1.807, 2.05) is 0 Å². The van der Waals surface area contributed by atoms with Crippen molar-refractivity contribution in [2.75, 3.05) is 20.3 Å². The number of nitrogens with one attached hydrogen (secondary N) is 1. The topological polar surface area (TPSA) is 81.7 Å². The van der Waals surface area contributed by atoms with Gasteiger partial charge in [-0.1, -0.05) is 12.1 Å². The summed E-state index contributed by atoms with van der Waals surface area (Å²) in [6.45, 7) is 0.110. The molecule has 10 heteroatoms. The molecule has 0 saturated carbocycles. The van der Waals surface area contributed by atoms with Crippen molar-refractivity contribution < 1.29 is 35.9 Å². The van der Waals surface area contributed by atoms with Crippen LogP contribution in [-0.2, 0) is 32.3 Å². The highest BCUT2D eigenvalue weighted by Crippen LogP contribution is 2.29. The number of hydrogen-bond donors (Lipinski definition) is 1. The van der Waals surface area contributed by atoms with Crippen LogP contribution in [0, 0.1) is 0 Å². The number of methoxy groups -OCH3 is 1. The first kappa shape index (κ1) is 21.9. The summed E-state index contributed by atoms with van der Waals surface area (Å²) in [4.78, 5) is 12.0. The maximum Gasteiger partial charge on any atom is 0.416 e. The van der Waals surface area contributed by atoms with Gasteiger partial charge in [0.1, 0.15) is 6.61 Å². The molecule has 152 valence electrons.